The van der Waals surface area contributed by atoms with Crippen molar-refractivity contribution < 1.29 is 13.6 Å². The molecule has 1 fully saturated rings. The van der Waals surface area contributed by atoms with Crippen molar-refractivity contribution in [2.45, 2.75) is 38.3 Å². The molecule has 1 aromatic rings. The fraction of sp³-hybridized carbons (Fsp3) is 0.500. The Morgan fingerprint density at radius 2 is 2.05 bits per heavy atom. The van der Waals surface area contributed by atoms with Gasteiger partial charge in [0.15, 0.2) is 0 Å². The highest BCUT2D eigenvalue weighted by atomic mass is 19.1. The van der Waals surface area contributed by atoms with Crippen LogP contribution in [0.15, 0.2) is 18.2 Å². The standard InChI is InChI=1S/C14H18F2N2O/c1-18(14(19)17-12-4-2-3-5-12)9-10-6-7-11(15)8-13(10)16/h6-8,12H,2-5,9H2,1H3,(H,17,19). The first-order valence-electron chi connectivity index (χ1n) is 6.52. The second-order valence-corrected chi connectivity index (χ2v) is 5.02. The zero-order chi connectivity index (χ0) is 13.8. The molecule has 1 N–H and O–H groups in total. The molecule has 0 radical (unpaired) electrons. The van der Waals surface area contributed by atoms with E-state index < -0.39 is 11.6 Å². The number of nitrogens with zero attached hydrogens (tertiary/aromatic N) is 1. The molecule has 0 spiro atoms. The summed E-state index contributed by atoms with van der Waals surface area (Å²) in [5.41, 5.74) is 0.311. The number of amides is 2. The highest BCUT2D eigenvalue weighted by Gasteiger charge is 2.19. The smallest absolute Gasteiger partial charge is 0.317 e. The molecule has 1 saturated carbocycles. The van der Waals surface area contributed by atoms with Crippen LogP contribution in [0.3, 0.4) is 0 Å². The van der Waals surface area contributed by atoms with Crippen LogP contribution in [0, 0.1) is 11.6 Å². The largest absolute Gasteiger partial charge is 0.335 e. The number of halogens is 2. The monoisotopic (exact) mass is 268 g/mol. The van der Waals surface area contributed by atoms with E-state index in [9.17, 15) is 13.6 Å². The lowest BCUT2D eigenvalue weighted by Gasteiger charge is -2.21. The lowest BCUT2D eigenvalue weighted by molar-refractivity contribution is 0.202. The SMILES string of the molecule is CN(Cc1ccc(F)cc1F)C(=O)NC1CCCC1. The average molecular weight is 268 g/mol. The first-order valence-corrected chi connectivity index (χ1v) is 6.52. The summed E-state index contributed by atoms with van der Waals surface area (Å²) >= 11 is 0. The second kappa shape index (κ2) is 5.99. The van der Waals surface area contributed by atoms with E-state index in [1.165, 1.54) is 17.0 Å². The molecule has 1 aliphatic carbocycles. The molecular weight excluding hydrogens is 250 g/mol. The highest BCUT2D eigenvalue weighted by molar-refractivity contribution is 5.74. The van der Waals surface area contributed by atoms with Gasteiger partial charge in [-0.05, 0) is 18.9 Å². The van der Waals surface area contributed by atoms with Crippen molar-refractivity contribution in [2.75, 3.05) is 7.05 Å². The number of rotatable bonds is 3. The van der Waals surface area contributed by atoms with E-state index in [4.69, 9.17) is 0 Å². The molecule has 0 unspecified atom stereocenters. The number of benzene rings is 1. The van der Waals surface area contributed by atoms with Gasteiger partial charge in [0, 0.05) is 31.3 Å². The maximum atomic E-state index is 13.5. The predicted octanol–water partition coefficient (Wildman–Crippen LogP) is 3.05. The zero-order valence-electron chi connectivity index (χ0n) is 11.0. The van der Waals surface area contributed by atoms with Crippen LogP contribution < -0.4 is 5.32 Å². The molecule has 0 aromatic heterocycles. The van der Waals surface area contributed by atoms with E-state index in [0.717, 1.165) is 31.7 Å². The Labute approximate surface area is 111 Å². The third-order valence-corrected chi connectivity index (χ3v) is 3.45. The van der Waals surface area contributed by atoms with Gasteiger partial charge in [-0.1, -0.05) is 18.9 Å². The van der Waals surface area contributed by atoms with E-state index >= 15 is 0 Å². The van der Waals surface area contributed by atoms with Gasteiger partial charge in [-0.2, -0.15) is 0 Å². The fourth-order valence-electron chi connectivity index (χ4n) is 2.33. The van der Waals surface area contributed by atoms with Crippen LogP contribution in [-0.4, -0.2) is 24.0 Å². The lowest BCUT2D eigenvalue weighted by Crippen LogP contribution is -2.41. The molecule has 0 aliphatic heterocycles. The van der Waals surface area contributed by atoms with E-state index in [1.807, 2.05) is 0 Å². The van der Waals surface area contributed by atoms with Crippen molar-refractivity contribution in [1.82, 2.24) is 10.2 Å². The average Bonchev–Trinajstić information content (AvgIpc) is 2.85. The van der Waals surface area contributed by atoms with E-state index in [2.05, 4.69) is 5.32 Å². The molecule has 0 saturated heterocycles. The summed E-state index contributed by atoms with van der Waals surface area (Å²) in [6.45, 7) is 0.130. The third kappa shape index (κ3) is 3.66. The maximum Gasteiger partial charge on any atom is 0.317 e. The molecule has 19 heavy (non-hydrogen) atoms. The van der Waals surface area contributed by atoms with Gasteiger partial charge in [0.25, 0.3) is 0 Å². The summed E-state index contributed by atoms with van der Waals surface area (Å²) in [4.78, 5) is 13.3. The second-order valence-electron chi connectivity index (χ2n) is 5.02. The molecule has 104 valence electrons. The third-order valence-electron chi connectivity index (χ3n) is 3.45. The molecule has 0 heterocycles. The molecule has 0 atom stereocenters. The molecule has 2 rings (SSSR count). The molecule has 1 aromatic carbocycles. The minimum absolute atomic E-state index is 0.130. The molecule has 1 aliphatic rings. The minimum atomic E-state index is -0.625. The lowest BCUT2D eigenvalue weighted by atomic mass is 10.2. The first-order chi connectivity index (χ1) is 9.06. The van der Waals surface area contributed by atoms with Crippen LogP contribution in [0.2, 0.25) is 0 Å². The van der Waals surface area contributed by atoms with E-state index in [-0.39, 0.29) is 18.6 Å². The molecular formula is C14H18F2N2O. The molecule has 3 nitrogen and oxygen atoms in total. The van der Waals surface area contributed by atoms with Gasteiger partial charge in [0.05, 0.1) is 0 Å². The quantitative estimate of drug-likeness (QED) is 0.897. The van der Waals surface area contributed by atoms with Crippen LogP contribution in [-0.2, 0) is 6.54 Å². The van der Waals surface area contributed by atoms with Crippen LogP contribution in [0.5, 0.6) is 0 Å². The molecule has 5 heteroatoms. The van der Waals surface area contributed by atoms with Crippen molar-refractivity contribution >= 4 is 6.03 Å². The van der Waals surface area contributed by atoms with Crippen LogP contribution >= 0.6 is 0 Å². The number of carbonyl (C=O) groups is 1. The van der Waals surface area contributed by atoms with Gasteiger partial charge in [-0.15, -0.1) is 0 Å². The number of urea groups is 1. The number of carbonyl (C=O) groups excluding carboxylic acids is 1. The molecule has 0 bridgehead atoms. The maximum absolute atomic E-state index is 13.5. The highest BCUT2D eigenvalue weighted by Crippen LogP contribution is 2.18. The molecule has 2 amide bonds. The zero-order valence-corrected chi connectivity index (χ0v) is 11.0. The number of nitrogens with one attached hydrogen (secondary N) is 1. The Hall–Kier alpha value is -1.65. The van der Waals surface area contributed by atoms with Gasteiger partial charge >= 0.3 is 6.03 Å². The van der Waals surface area contributed by atoms with E-state index in [1.54, 1.807) is 7.05 Å². The van der Waals surface area contributed by atoms with Gasteiger partial charge in [-0.25, -0.2) is 13.6 Å². The van der Waals surface area contributed by atoms with Crippen molar-refractivity contribution in [3.8, 4) is 0 Å². The van der Waals surface area contributed by atoms with Crippen LogP contribution in [0.4, 0.5) is 13.6 Å². The predicted molar refractivity (Wildman–Crippen MR) is 68.6 cm³/mol. The Kier molecular flexibility index (Phi) is 4.35. The van der Waals surface area contributed by atoms with Crippen molar-refractivity contribution in [2.24, 2.45) is 0 Å². The van der Waals surface area contributed by atoms with Crippen molar-refractivity contribution in [1.29, 1.82) is 0 Å². The number of hydrogen-bond acceptors (Lipinski definition) is 1. The summed E-state index contributed by atoms with van der Waals surface area (Å²) in [7, 11) is 1.60. The Morgan fingerprint density at radius 1 is 1.37 bits per heavy atom. The Balaban J connectivity index is 1.92. The van der Waals surface area contributed by atoms with Crippen molar-refractivity contribution in [3.63, 3.8) is 0 Å². The normalized spacial score (nSPS) is 15.5. The Bertz CT molecular complexity index is 459. The number of hydrogen-bond donors (Lipinski definition) is 1. The minimum Gasteiger partial charge on any atom is -0.335 e. The summed E-state index contributed by atoms with van der Waals surface area (Å²) in [5.74, 6) is -1.24. The van der Waals surface area contributed by atoms with Crippen molar-refractivity contribution in [3.05, 3.63) is 35.4 Å². The van der Waals surface area contributed by atoms with Crippen LogP contribution in [0.25, 0.3) is 0 Å². The van der Waals surface area contributed by atoms with E-state index in [0.29, 0.717) is 5.56 Å². The Morgan fingerprint density at radius 3 is 2.68 bits per heavy atom. The summed E-state index contributed by atoms with van der Waals surface area (Å²) in [6, 6.07) is 3.41. The van der Waals surface area contributed by atoms with Crippen LogP contribution in [0.1, 0.15) is 31.2 Å². The van der Waals surface area contributed by atoms with Gasteiger partial charge in [-0.3, -0.25) is 0 Å². The summed E-state index contributed by atoms with van der Waals surface area (Å²) < 4.78 is 26.3. The fourth-order valence-corrected chi connectivity index (χ4v) is 2.33. The van der Waals surface area contributed by atoms with Gasteiger partial charge < -0.3 is 10.2 Å². The van der Waals surface area contributed by atoms with Gasteiger partial charge in [0.1, 0.15) is 11.6 Å². The topological polar surface area (TPSA) is 32.3 Å². The van der Waals surface area contributed by atoms with Gasteiger partial charge in [0.2, 0.25) is 0 Å². The summed E-state index contributed by atoms with van der Waals surface area (Å²) in [5, 5.41) is 2.92. The summed E-state index contributed by atoms with van der Waals surface area (Å²) in [6.07, 6.45) is 4.29. The first kappa shape index (κ1) is 13.8.